The van der Waals surface area contributed by atoms with E-state index in [9.17, 15) is 0 Å². The molecular weight excluding hydrogens is 426 g/mol. The van der Waals surface area contributed by atoms with Crippen LogP contribution in [0.4, 0.5) is 11.4 Å². The first-order chi connectivity index (χ1) is 16.9. The Morgan fingerprint density at radius 1 is 0.686 bits per heavy atom. The quantitative estimate of drug-likeness (QED) is 0.300. The number of nitrogens with zero attached hydrogens (tertiary/aromatic N) is 3. The zero-order chi connectivity index (χ0) is 24.4. The van der Waals surface area contributed by atoms with Crippen LogP contribution in [0.5, 0.6) is 0 Å². The molecule has 1 heterocycles. The molecule has 4 aromatic carbocycles. The normalized spacial score (nSPS) is 15.6. The fourth-order valence-electron chi connectivity index (χ4n) is 4.53. The van der Waals surface area contributed by atoms with Gasteiger partial charge in [-0.05, 0) is 63.9 Å². The molecule has 0 bridgehead atoms. The molecule has 5 rings (SSSR count). The van der Waals surface area contributed by atoms with E-state index in [0.29, 0.717) is 0 Å². The minimum Gasteiger partial charge on any atom is -0.252 e. The van der Waals surface area contributed by atoms with Crippen LogP contribution in [-0.2, 0) is 11.8 Å². The fraction of sp³-hybridized carbons (Fsp3) is 0.219. The van der Waals surface area contributed by atoms with Gasteiger partial charge < -0.3 is 0 Å². The number of hydrazine groups is 1. The van der Waals surface area contributed by atoms with Gasteiger partial charge in [0.1, 0.15) is 6.04 Å². The maximum Gasteiger partial charge on any atom is 0.114 e. The Morgan fingerprint density at radius 2 is 1.29 bits per heavy atom. The molecule has 0 saturated carbocycles. The Bertz CT molecular complexity index is 1280. The van der Waals surface area contributed by atoms with Gasteiger partial charge in [-0.1, -0.05) is 107 Å². The molecule has 0 N–H and O–H groups in total. The molecule has 0 aromatic heterocycles. The molecule has 1 aliphatic rings. The number of anilines is 2. The molecule has 0 radical (unpaired) electrons. The molecule has 1 aliphatic heterocycles. The number of hydrazone groups is 1. The van der Waals surface area contributed by atoms with Gasteiger partial charge in [-0.3, -0.25) is 5.01 Å². The second kappa shape index (κ2) is 9.42. The van der Waals surface area contributed by atoms with Gasteiger partial charge in [-0.15, -0.1) is 0 Å². The van der Waals surface area contributed by atoms with Crippen LogP contribution in [0, 0.1) is 0 Å². The first-order valence-corrected chi connectivity index (χ1v) is 12.4. The summed E-state index contributed by atoms with van der Waals surface area (Å²) < 4.78 is 0. The Labute approximate surface area is 209 Å². The summed E-state index contributed by atoms with van der Waals surface area (Å²) in [5.41, 5.74) is 8.60. The molecule has 176 valence electrons. The minimum atomic E-state index is 0.00888. The van der Waals surface area contributed by atoms with Gasteiger partial charge in [0.25, 0.3) is 0 Å². The molecule has 0 saturated heterocycles. The van der Waals surface area contributed by atoms with Crippen molar-refractivity contribution in [1.82, 2.24) is 0 Å². The highest BCUT2D eigenvalue weighted by atomic mass is 15.8. The minimum absolute atomic E-state index is 0.00888. The van der Waals surface area contributed by atoms with Crippen molar-refractivity contribution in [2.75, 3.05) is 10.1 Å². The lowest BCUT2D eigenvalue weighted by atomic mass is 9.87. The molecular formula is C32H33N3. The summed E-state index contributed by atoms with van der Waals surface area (Å²) in [7, 11) is 0. The van der Waals surface area contributed by atoms with Crippen LogP contribution in [0.1, 0.15) is 50.4 Å². The number of rotatable bonds is 5. The average molecular weight is 460 g/mol. The van der Waals surface area contributed by atoms with Crippen molar-refractivity contribution in [1.29, 1.82) is 0 Å². The fourth-order valence-corrected chi connectivity index (χ4v) is 4.53. The van der Waals surface area contributed by atoms with Gasteiger partial charge in [-0.25, -0.2) is 0 Å². The SMILES string of the molecule is CCc1ccc(N2C(c3ccc(-c4ccccc4)cc3)C=NN2c2ccc(C(C)(C)C)cc2)cc1. The van der Waals surface area contributed by atoms with Crippen molar-refractivity contribution in [2.24, 2.45) is 5.10 Å². The lowest BCUT2D eigenvalue weighted by Crippen LogP contribution is -2.37. The Morgan fingerprint density at radius 3 is 1.89 bits per heavy atom. The second-order valence-corrected chi connectivity index (χ2v) is 10.1. The summed E-state index contributed by atoms with van der Waals surface area (Å²) in [6, 6.07) is 37.0. The second-order valence-electron chi connectivity index (χ2n) is 10.1. The van der Waals surface area contributed by atoms with Crippen LogP contribution in [0.25, 0.3) is 11.1 Å². The van der Waals surface area contributed by atoms with Gasteiger partial charge in [0.2, 0.25) is 0 Å². The first-order valence-electron chi connectivity index (χ1n) is 12.4. The maximum absolute atomic E-state index is 4.87. The standard InChI is InChI=1S/C32H33N3/c1-5-24-11-19-29(20-12-24)34-31(27-15-13-26(14-16-27)25-9-7-6-8-10-25)23-33-35(34)30-21-17-28(18-22-30)32(2,3)4/h6-23,31H,5H2,1-4H3. The van der Waals surface area contributed by atoms with Crippen molar-refractivity contribution >= 4 is 17.6 Å². The molecule has 3 heteroatoms. The van der Waals surface area contributed by atoms with Crippen LogP contribution in [0.3, 0.4) is 0 Å². The molecule has 1 unspecified atom stereocenters. The summed E-state index contributed by atoms with van der Waals surface area (Å²) >= 11 is 0. The van der Waals surface area contributed by atoms with Gasteiger partial charge in [-0.2, -0.15) is 10.2 Å². The Kier molecular flexibility index (Phi) is 6.17. The highest BCUT2D eigenvalue weighted by Crippen LogP contribution is 2.37. The van der Waals surface area contributed by atoms with Crippen LogP contribution < -0.4 is 10.1 Å². The number of hydrogen-bond acceptors (Lipinski definition) is 3. The Hall–Kier alpha value is -3.85. The van der Waals surface area contributed by atoms with E-state index in [0.717, 1.165) is 17.8 Å². The lowest BCUT2D eigenvalue weighted by molar-refractivity contribution is 0.590. The molecule has 0 fully saturated rings. The van der Waals surface area contributed by atoms with E-state index in [-0.39, 0.29) is 11.5 Å². The van der Waals surface area contributed by atoms with Gasteiger partial charge in [0.05, 0.1) is 17.6 Å². The van der Waals surface area contributed by atoms with Crippen molar-refractivity contribution in [2.45, 2.75) is 45.6 Å². The van der Waals surface area contributed by atoms with Crippen LogP contribution in [0.2, 0.25) is 0 Å². The number of aryl methyl sites for hydroxylation is 1. The maximum atomic E-state index is 4.87. The first kappa shape index (κ1) is 22.9. The summed E-state index contributed by atoms with van der Waals surface area (Å²) in [5, 5.41) is 9.18. The smallest absolute Gasteiger partial charge is 0.114 e. The predicted octanol–water partition coefficient (Wildman–Crippen LogP) is 8.18. The van der Waals surface area contributed by atoms with Gasteiger partial charge in [0.15, 0.2) is 0 Å². The summed E-state index contributed by atoms with van der Waals surface area (Å²) in [5.74, 6) is 0. The van der Waals surface area contributed by atoms with Crippen molar-refractivity contribution in [3.05, 3.63) is 120 Å². The molecule has 3 nitrogen and oxygen atoms in total. The molecule has 0 aliphatic carbocycles. The predicted molar refractivity (Wildman–Crippen MR) is 149 cm³/mol. The van der Waals surface area contributed by atoms with Gasteiger partial charge >= 0.3 is 0 Å². The van der Waals surface area contributed by atoms with E-state index in [2.05, 4.69) is 136 Å². The summed E-state index contributed by atoms with van der Waals surface area (Å²) in [4.78, 5) is 0. The zero-order valence-corrected chi connectivity index (χ0v) is 21.0. The third-order valence-corrected chi connectivity index (χ3v) is 6.72. The molecule has 4 aromatic rings. The monoisotopic (exact) mass is 459 g/mol. The zero-order valence-electron chi connectivity index (χ0n) is 21.0. The third-order valence-electron chi connectivity index (χ3n) is 6.72. The molecule has 35 heavy (non-hydrogen) atoms. The third kappa shape index (κ3) is 4.72. The number of benzene rings is 4. The van der Waals surface area contributed by atoms with Gasteiger partial charge in [0, 0.05) is 0 Å². The van der Waals surface area contributed by atoms with Crippen LogP contribution in [0.15, 0.2) is 108 Å². The van der Waals surface area contributed by atoms with E-state index in [4.69, 9.17) is 5.10 Å². The molecule has 0 spiro atoms. The summed E-state index contributed by atoms with van der Waals surface area (Å²) in [6.45, 7) is 8.92. The van der Waals surface area contributed by atoms with E-state index in [1.54, 1.807) is 0 Å². The van der Waals surface area contributed by atoms with E-state index in [1.807, 2.05) is 11.3 Å². The highest BCUT2D eigenvalue weighted by molar-refractivity contribution is 5.81. The molecule has 1 atom stereocenters. The van der Waals surface area contributed by atoms with E-state index >= 15 is 0 Å². The van der Waals surface area contributed by atoms with Crippen LogP contribution in [-0.4, -0.2) is 6.21 Å². The van der Waals surface area contributed by atoms with E-state index in [1.165, 1.54) is 27.8 Å². The van der Waals surface area contributed by atoms with Crippen LogP contribution >= 0.6 is 0 Å². The topological polar surface area (TPSA) is 18.8 Å². The van der Waals surface area contributed by atoms with Crippen molar-refractivity contribution in [3.8, 4) is 11.1 Å². The largest absolute Gasteiger partial charge is 0.252 e. The van der Waals surface area contributed by atoms with Crippen molar-refractivity contribution < 1.29 is 0 Å². The average Bonchev–Trinajstić information content (AvgIpc) is 3.34. The van der Waals surface area contributed by atoms with Crippen molar-refractivity contribution in [3.63, 3.8) is 0 Å². The number of hydrogen-bond donors (Lipinski definition) is 0. The summed E-state index contributed by atoms with van der Waals surface area (Å²) in [6.07, 6.45) is 3.07. The molecule has 0 amide bonds. The lowest BCUT2D eigenvalue weighted by Gasteiger charge is -2.34. The van der Waals surface area contributed by atoms with E-state index < -0.39 is 0 Å². The Balaban J connectivity index is 1.50. The highest BCUT2D eigenvalue weighted by Gasteiger charge is 2.31.